The molecule has 0 spiro atoms. The first-order chi connectivity index (χ1) is 13.3. The van der Waals surface area contributed by atoms with E-state index < -0.39 is 46.5 Å². The van der Waals surface area contributed by atoms with Crippen LogP contribution < -0.4 is 4.74 Å². The number of esters is 2. The standard InChI is InChI=1S/C15H14B3F3O7S/c16-4-8-1-9(5-17)14(10(2-8)6-18)28-13(23)3-12(22)27-11(15(19,20)21)7-29(24,25)26/h1-2,11H,3-7H2,(H,24,25,26). The van der Waals surface area contributed by atoms with Crippen molar-refractivity contribution in [2.45, 2.75) is 37.7 Å². The van der Waals surface area contributed by atoms with Crippen molar-refractivity contribution in [2.75, 3.05) is 5.75 Å². The van der Waals surface area contributed by atoms with Crippen LogP contribution >= 0.6 is 0 Å². The highest BCUT2D eigenvalue weighted by Crippen LogP contribution is 2.28. The van der Waals surface area contributed by atoms with Crippen LogP contribution in [0.3, 0.4) is 0 Å². The minimum atomic E-state index is -5.28. The van der Waals surface area contributed by atoms with Gasteiger partial charge < -0.3 is 9.47 Å². The van der Waals surface area contributed by atoms with Crippen molar-refractivity contribution in [2.24, 2.45) is 0 Å². The van der Waals surface area contributed by atoms with Crippen molar-refractivity contribution in [1.82, 2.24) is 0 Å². The summed E-state index contributed by atoms with van der Waals surface area (Å²) < 4.78 is 77.1. The molecule has 152 valence electrons. The van der Waals surface area contributed by atoms with Crippen molar-refractivity contribution >= 4 is 45.6 Å². The van der Waals surface area contributed by atoms with Gasteiger partial charge in [0, 0.05) is 0 Å². The van der Waals surface area contributed by atoms with Gasteiger partial charge in [0.25, 0.3) is 10.1 Å². The fourth-order valence-corrected chi connectivity index (χ4v) is 2.87. The van der Waals surface area contributed by atoms with E-state index in [2.05, 4.69) is 4.74 Å². The number of ether oxygens (including phenoxy) is 2. The van der Waals surface area contributed by atoms with Crippen molar-refractivity contribution in [1.29, 1.82) is 0 Å². The van der Waals surface area contributed by atoms with Gasteiger partial charge in [-0.1, -0.05) is 36.7 Å². The second kappa shape index (κ2) is 10.2. The van der Waals surface area contributed by atoms with Gasteiger partial charge in [-0.3, -0.25) is 14.1 Å². The third-order valence-electron chi connectivity index (χ3n) is 3.48. The molecule has 14 heteroatoms. The number of halogens is 3. The molecule has 0 aromatic heterocycles. The highest BCUT2D eigenvalue weighted by Gasteiger charge is 2.45. The Morgan fingerprint density at radius 1 is 1.03 bits per heavy atom. The first kappa shape index (κ1) is 25.1. The van der Waals surface area contributed by atoms with Crippen LogP contribution in [0.4, 0.5) is 13.2 Å². The summed E-state index contributed by atoms with van der Waals surface area (Å²) in [5, 5.41) is 0. The summed E-state index contributed by atoms with van der Waals surface area (Å²) in [6.45, 7) is 0. The van der Waals surface area contributed by atoms with Gasteiger partial charge in [0.05, 0.1) is 23.5 Å². The largest absolute Gasteiger partial charge is 0.451 e. The van der Waals surface area contributed by atoms with Gasteiger partial charge in [-0.05, 0) is 11.1 Å². The van der Waals surface area contributed by atoms with Crippen molar-refractivity contribution in [3.8, 4) is 5.75 Å². The second-order valence-corrected chi connectivity index (χ2v) is 7.27. The van der Waals surface area contributed by atoms with Crippen LogP contribution in [0.5, 0.6) is 5.75 Å². The summed E-state index contributed by atoms with van der Waals surface area (Å²) in [6, 6.07) is 3.07. The van der Waals surface area contributed by atoms with Crippen molar-refractivity contribution in [3.05, 3.63) is 28.8 Å². The van der Waals surface area contributed by atoms with Crippen LogP contribution in [0.25, 0.3) is 0 Å². The lowest BCUT2D eigenvalue weighted by Gasteiger charge is -2.19. The monoisotopic (exact) mass is 428 g/mol. The fraction of sp³-hybridized carbons (Fsp3) is 0.467. The Balaban J connectivity index is 2.93. The van der Waals surface area contributed by atoms with Crippen molar-refractivity contribution in [3.63, 3.8) is 0 Å². The molecule has 7 nitrogen and oxygen atoms in total. The SMILES string of the molecule is [B]Cc1cc(C[B])c(OC(=O)CC(=O)OC(CS(=O)(=O)O)C(F)(F)F)c(C[B])c1. The highest BCUT2D eigenvalue weighted by atomic mass is 32.2. The van der Waals surface area contributed by atoms with E-state index in [0.717, 1.165) is 0 Å². The lowest BCUT2D eigenvalue weighted by Crippen LogP contribution is -2.40. The Labute approximate surface area is 169 Å². The molecule has 0 aliphatic heterocycles. The second-order valence-electron chi connectivity index (χ2n) is 5.78. The molecule has 0 heterocycles. The maximum Gasteiger partial charge on any atom is 0.426 e. The Morgan fingerprint density at radius 3 is 1.93 bits per heavy atom. The average molecular weight is 428 g/mol. The third-order valence-corrected chi connectivity index (χ3v) is 4.21. The molecule has 0 amide bonds. The smallest absolute Gasteiger partial charge is 0.426 e. The van der Waals surface area contributed by atoms with Crippen LogP contribution in [0.15, 0.2) is 12.1 Å². The number of rotatable bonds is 9. The zero-order chi connectivity index (χ0) is 22.4. The van der Waals surface area contributed by atoms with Gasteiger partial charge in [0.1, 0.15) is 17.9 Å². The number of alkyl halides is 3. The Bertz CT molecular complexity index is 834. The van der Waals surface area contributed by atoms with Crippen LogP contribution in [-0.4, -0.2) is 66.5 Å². The lowest BCUT2D eigenvalue weighted by atomic mass is 9.85. The molecule has 0 saturated heterocycles. The minimum Gasteiger partial charge on any atom is -0.451 e. The quantitative estimate of drug-likeness (QED) is 0.199. The first-order valence-electron chi connectivity index (χ1n) is 7.97. The van der Waals surface area contributed by atoms with E-state index in [-0.39, 0.29) is 24.7 Å². The molecular weight excluding hydrogens is 414 g/mol. The van der Waals surface area contributed by atoms with E-state index in [1.165, 1.54) is 12.1 Å². The number of hydrogen-bond acceptors (Lipinski definition) is 6. The molecule has 0 saturated carbocycles. The number of carbonyl (C=O) groups excluding carboxylic acids is 2. The predicted molar refractivity (Wildman–Crippen MR) is 97.4 cm³/mol. The van der Waals surface area contributed by atoms with Crippen LogP contribution in [-0.2, 0) is 43.4 Å². The summed E-state index contributed by atoms with van der Waals surface area (Å²) in [5.41, 5.74) is 1.30. The van der Waals surface area contributed by atoms with Gasteiger partial charge in [-0.2, -0.15) is 21.6 Å². The summed E-state index contributed by atoms with van der Waals surface area (Å²) >= 11 is 0. The summed E-state index contributed by atoms with van der Waals surface area (Å²) in [5.74, 6) is -4.96. The molecule has 1 unspecified atom stereocenters. The highest BCUT2D eigenvalue weighted by molar-refractivity contribution is 7.85. The van der Waals surface area contributed by atoms with E-state index in [0.29, 0.717) is 16.7 Å². The van der Waals surface area contributed by atoms with Crippen LogP contribution in [0, 0.1) is 0 Å². The number of benzene rings is 1. The normalized spacial score (nSPS) is 13.0. The summed E-state index contributed by atoms with van der Waals surface area (Å²) in [7, 11) is 11.6. The topological polar surface area (TPSA) is 107 Å². The zero-order valence-corrected chi connectivity index (χ0v) is 15.8. The maximum absolute atomic E-state index is 12.8. The van der Waals surface area contributed by atoms with Crippen molar-refractivity contribution < 1.29 is 45.2 Å². The molecule has 0 aliphatic rings. The van der Waals surface area contributed by atoms with Gasteiger partial charge in [0.2, 0.25) is 6.10 Å². The molecule has 0 bridgehead atoms. The third kappa shape index (κ3) is 8.13. The maximum atomic E-state index is 12.8. The molecule has 0 fully saturated rings. The Morgan fingerprint density at radius 2 is 1.55 bits per heavy atom. The van der Waals surface area contributed by atoms with Gasteiger partial charge in [0.15, 0.2) is 0 Å². The molecule has 1 rings (SSSR count). The molecule has 29 heavy (non-hydrogen) atoms. The lowest BCUT2D eigenvalue weighted by molar-refractivity contribution is -0.215. The minimum absolute atomic E-state index is 0.0599. The number of hydrogen-bond donors (Lipinski definition) is 1. The molecular formula is C15H14B3F3O7S. The summed E-state index contributed by atoms with van der Waals surface area (Å²) in [4.78, 5) is 23.6. The van der Waals surface area contributed by atoms with Crippen LogP contribution in [0.1, 0.15) is 23.1 Å². The average Bonchev–Trinajstić information content (AvgIpc) is 2.59. The summed E-state index contributed by atoms with van der Waals surface area (Å²) in [6.07, 6.45) is -9.72. The van der Waals surface area contributed by atoms with E-state index in [9.17, 15) is 31.2 Å². The Kier molecular flexibility index (Phi) is 8.82. The van der Waals surface area contributed by atoms with Crippen LogP contribution in [0.2, 0.25) is 0 Å². The molecule has 1 aromatic rings. The predicted octanol–water partition coefficient (Wildman–Crippen LogP) is 0.350. The van der Waals surface area contributed by atoms with Gasteiger partial charge in [-0.15, -0.1) is 0 Å². The molecule has 1 atom stereocenters. The van der Waals surface area contributed by atoms with E-state index in [1.807, 2.05) is 0 Å². The van der Waals surface area contributed by atoms with E-state index >= 15 is 0 Å². The van der Waals surface area contributed by atoms with Gasteiger partial charge in [-0.25, -0.2) is 0 Å². The Hall–Kier alpha value is -1.95. The molecule has 1 N–H and O–H groups in total. The fourth-order valence-electron chi connectivity index (χ4n) is 2.23. The zero-order valence-electron chi connectivity index (χ0n) is 14.9. The van der Waals surface area contributed by atoms with E-state index in [1.54, 1.807) is 0 Å². The molecule has 1 aromatic carbocycles. The number of carbonyl (C=O) groups is 2. The molecule has 6 radical (unpaired) electrons. The van der Waals surface area contributed by atoms with E-state index in [4.69, 9.17) is 32.8 Å². The van der Waals surface area contributed by atoms with Gasteiger partial charge >= 0.3 is 18.1 Å². The molecule has 0 aliphatic carbocycles. The first-order valence-corrected chi connectivity index (χ1v) is 9.58.